The largest absolute Gasteiger partial charge is 0.373 e. The van der Waals surface area contributed by atoms with Crippen LogP contribution in [0, 0.1) is 35.3 Å². The van der Waals surface area contributed by atoms with Gasteiger partial charge >= 0.3 is 0 Å². The molecule has 2 aromatic rings. The van der Waals surface area contributed by atoms with Crippen LogP contribution in [0.3, 0.4) is 0 Å². The van der Waals surface area contributed by atoms with Crippen molar-refractivity contribution >= 4 is 11.4 Å². The number of nitriles is 1. The predicted molar refractivity (Wildman–Crippen MR) is 75.8 cm³/mol. The molecule has 1 aromatic carbocycles. The molecule has 0 radical (unpaired) electrons. The molecule has 0 amide bonds. The number of nitro benzene ring substituents is 1. The van der Waals surface area contributed by atoms with Crippen LogP contribution in [-0.4, -0.2) is 10.1 Å². The molecule has 0 aliphatic carbocycles. The topological polar surface area (TPSA) is 105 Å². The third kappa shape index (κ3) is 2.84. The van der Waals surface area contributed by atoms with Crippen molar-refractivity contribution < 1.29 is 9.45 Å². The van der Waals surface area contributed by atoms with Gasteiger partial charge in [-0.25, -0.2) is 0 Å². The Morgan fingerprint density at radius 3 is 2.71 bits per heavy atom. The van der Waals surface area contributed by atoms with E-state index in [1.807, 2.05) is 19.9 Å². The number of benzene rings is 1. The maximum Gasteiger partial charge on any atom is 0.292 e. The van der Waals surface area contributed by atoms with Gasteiger partial charge in [-0.3, -0.25) is 10.1 Å². The highest BCUT2D eigenvalue weighted by Gasteiger charge is 2.20. The van der Waals surface area contributed by atoms with Crippen molar-refractivity contribution in [3.05, 3.63) is 50.9 Å². The van der Waals surface area contributed by atoms with Gasteiger partial charge in [-0.05, 0) is 32.9 Å². The summed E-state index contributed by atoms with van der Waals surface area (Å²) in [4.78, 5) is 10.6. The fourth-order valence-electron chi connectivity index (χ4n) is 2.29. The lowest BCUT2D eigenvalue weighted by Crippen LogP contribution is -2.10. The summed E-state index contributed by atoms with van der Waals surface area (Å²) < 4.78 is 5.10. The van der Waals surface area contributed by atoms with E-state index in [2.05, 4.69) is 10.5 Å². The molecule has 1 N–H and O–H groups in total. The summed E-state index contributed by atoms with van der Waals surface area (Å²) in [6.07, 6.45) is 0. The molecule has 1 atom stereocenters. The molecule has 21 heavy (non-hydrogen) atoms. The van der Waals surface area contributed by atoms with Crippen LogP contribution in [0.5, 0.6) is 0 Å². The second-order valence-corrected chi connectivity index (χ2v) is 4.70. The molecule has 1 heterocycles. The standard InChI is InChI=1S/C14H14N4O3/c1-8(14-9(2)17-21-10(14)3)16-12-6-11(7-15)4-5-13(12)18(19)20/h4-6,8,16H,1-3H3. The molecule has 0 bridgehead atoms. The van der Waals surface area contributed by atoms with Crippen LogP contribution in [0.1, 0.15) is 35.5 Å². The number of hydrogen-bond acceptors (Lipinski definition) is 6. The predicted octanol–water partition coefficient (Wildman–Crippen LogP) is 3.24. The minimum atomic E-state index is -0.483. The Morgan fingerprint density at radius 2 is 2.19 bits per heavy atom. The van der Waals surface area contributed by atoms with Crippen molar-refractivity contribution in [2.75, 3.05) is 5.32 Å². The van der Waals surface area contributed by atoms with Gasteiger partial charge in [0.1, 0.15) is 11.4 Å². The van der Waals surface area contributed by atoms with Crippen molar-refractivity contribution in [1.82, 2.24) is 5.16 Å². The minimum Gasteiger partial charge on any atom is -0.373 e. The molecule has 1 unspecified atom stereocenters. The number of nitro groups is 1. The molecule has 7 heteroatoms. The van der Waals surface area contributed by atoms with E-state index >= 15 is 0 Å². The van der Waals surface area contributed by atoms with E-state index in [1.165, 1.54) is 18.2 Å². The lowest BCUT2D eigenvalue weighted by Gasteiger charge is -2.15. The Hall–Kier alpha value is -2.88. The van der Waals surface area contributed by atoms with E-state index in [0.29, 0.717) is 17.0 Å². The molecule has 0 fully saturated rings. The van der Waals surface area contributed by atoms with Gasteiger partial charge in [-0.1, -0.05) is 5.16 Å². The molecule has 2 rings (SSSR count). The zero-order valence-corrected chi connectivity index (χ0v) is 11.9. The first kappa shape index (κ1) is 14.5. The number of nitrogens with one attached hydrogen (secondary N) is 1. The van der Waals surface area contributed by atoms with Crippen LogP contribution >= 0.6 is 0 Å². The highest BCUT2D eigenvalue weighted by Crippen LogP contribution is 2.31. The summed E-state index contributed by atoms with van der Waals surface area (Å²) in [6, 6.07) is 5.94. The maximum absolute atomic E-state index is 11.1. The molecule has 0 aliphatic heterocycles. The van der Waals surface area contributed by atoms with E-state index in [9.17, 15) is 10.1 Å². The molecule has 0 spiro atoms. The quantitative estimate of drug-likeness (QED) is 0.683. The van der Waals surface area contributed by atoms with Gasteiger partial charge in [-0.15, -0.1) is 0 Å². The second-order valence-electron chi connectivity index (χ2n) is 4.70. The molecule has 108 valence electrons. The number of hydrogen-bond donors (Lipinski definition) is 1. The normalized spacial score (nSPS) is 11.7. The fourth-order valence-corrected chi connectivity index (χ4v) is 2.29. The number of aromatic nitrogens is 1. The first-order valence-corrected chi connectivity index (χ1v) is 6.32. The van der Waals surface area contributed by atoms with E-state index < -0.39 is 4.92 Å². The average molecular weight is 286 g/mol. The lowest BCUT2D eigenvalue weighted by atomic mass is 10.1. The summed E-state index contributed by atoms with van der Waals surface area (Å²) in [7, 11) is 0. The maximum atomic E-state index is 11.1. The Morgan fingerprint density at radius 1 is 1.48 bits per heavy atom. The average Bonchev–Trinajstić information content (AvgIpc) is 2.77. The Balaban J connectivity index is 2.39. The Labute approximate surface area is 121 Å². The SMILES string of the molecule is Cc1noc(C)c1C(C)Nc1cc(C#N)ccc1[N+](=O)[O-]. The van der Waals surface area contributed by atoms with Crippen LogP contribution in [0.4, 0.5) is 11.4 Å². The van der Waals surface area contributed by atoms with Crippen molar-refractivity contribution in [3.8, 4) is 6.07 Å². The van der Waals surface area contributed by atoms with E-state index in [4.69, 9.17) is 9.78 Å². The smallest absolute Gasteiger partial charge is 0.292 e. The number of anilines is 1. The van der Waals surface area contributed by atoms with Gasteiger partial charge in [0.15, 0.2) is 0 Å². The monoisotopic (exact) mass is 286 g/mol. The van der Waals surface area contributed by atoms with E-state index in [1.54, 1.807) is 6.92 Å². The second kappa shape index (κ2) is 5.63. The first-order chi connectivity index (χ1) is 9.93. The number of aryl methyl sites for hydroxylation is 2. The van der Waals surface area contributed by atoms with Gasteiger partial charge < -0.3 is 9.84 Å². The third-order valence-electron chi connectivity index (χ3n) is 3.22. The van der Waals surface area contributed by atoms with Gasteiger partial charge in [0.2, 0.25) is 0 Å². The fraction of sp³-hybridized carbons (Fsp3) is 0.286. The molecular formula is C14H14N4O3. The molecule has 7 nitrogen and oxygen atoms in total. The molecule has 0 aliphatic rings. The van der Waals surface area contributed by atoms with Crippen LogP contribution in [0.25, 0.3) is 0 Å². The van der Waals surface area contributed by atoms with Crippen molar-refractivity contribution in [2.24, 2.45) is 0 Å². The summed E-state index contributed by atoms with van der Waals surface area (Å²) in [5, 5.41) is 26.9. The molecule has 0 saturated carbocycles. The van der Waals surface area contributed by atoms with Gasteiger partial charge in [0, 0.05) is 11.6 Å². The molecule has 0 saturated heterocycles. The van der Waals surface area contributed by atoms with Crippen molar-refractivity contribution in [3.63, 3.8) is 0 Å². The number of nitrogens with zero attached hydrogens (tertiary/aromatic N) is 3. The summed E-state index contributed by atoms with van der Waals surface area (Å²) in [5.74, 6) is 0.659. The minimum absolute atomic E-state index is 0.0763. The zero-order chi connectivity index (χ0) is 15.6. The highest BCUT2D eigenvalue weighted by atomic mass is 16.6. The van der Waals surface area contributed by atoms with Gasteiger partial charge in [0.25, 0.3) is 5.69 Å². The Kier molecular flexibility index (Phi) is 3.89. The summed E-state index contributed by atoms with van der Waals surface area (Å²) >= 11 is 0. The zero-order valence-electron chi connectivity index (χ0n) is 11.9. The Bertz CT molecular complexity index is 711. The van der Waals surface area contributed by atoms with Gasteiger partial charge in [-0.2, -0.15) is 5.26 Å². The summed E-state index contributed by atoms with van der Waals surface area (Å²) in [5.41, 5.74) is 2.16. The van der Waals surface area contributed by atoms with E-state index in [0.717, 1.165) is 11.3 Å². The van der Waals surface area contributed by atoms with Crippen LogP contribution in [-0.2, 0) is 0 Å². The lowest BCUT2D eigenvalue weighted by molar-refractivity contribution is -0.384. The van der Waals surface area contributed by atoms with Crippen molar-refractivity contribution in [1.29, 1.82) is 5.26 Å². The van der Waals surface area contributed by atoms with Crippen LogP contribution in [0.2, 0.25) is 0 Å². The van der Waals surface area contributed by atoms with Crippen LogP contribution in [0.15, 0.2) is 22.7 Å². The highest BCUT2D eigenvalue weighted by molar-refractivity contribution is 5.65. The van der Waals surface area contributed by atoms with Gasteiger partial charge in [0.05, 0.1) is 28.3 Å². The first-order valence-electron chi connectivity index (χ1n) is 6.32. The third-order valence-corrected chi connectivity index (χ3v) is 3.22. The molecule has 1 aromatic heterocycles. The summed E-state index contributed by atoms with van der Waals surface area (Å²) in [6.45, 7) is 5.45. The number of rotatable bonds is 4. The van der Waals surface area contributed by atoms with Crippen molar-refractivity contribution in [2.45, 2.75) is 26.8 Å². The van der Waals surface area contributed by atoms with E-state index in [-0.39, 0.29) is 11.7 Å². The molecular weight excluding hydrogens is 272 g/mol. The van der Waals surface area contributed by atoms with Crippen LogP contribution < -0.4 is 5.32 Å².